The summed E-state index contributed by atoms with van der Waals surface area (Å²) in [5.74, 6) is -0.498. The number of hydrogen-bond acceptors (Lipinski definition) is 5. The molecule has 0 amide bonds. The Morgan fingerprint density at radius 1 is 1.24 bits per heavy atom. The molecule has 0 fully saturated rings. The van der Waals surface area contributed by atoms with Crippen molar-refractivity contribution in [3.63, 3.8) is 0 Å². The Kier molecular flexibility index (Phi) is 4.96. The number of anilines is 1. The van der Waals surface area contributed by atoms with Crippen LogP contribution < -0.4 is 4.31 Å². The topological polar surface area (TPSA) is 76.6 Å². The molecule has 0 N–H and O–H groups in total. The molecule has 6 nitrogen and oxygen atoms in total. The lowest BCUT2D eigenvalue weighted by molar-refractivity contribution is 0.0472. The predicted octanol–water partition coefficient (Wildman–Crippen LogP) is 3.96. The molecule has 0 bridgehead atoms. The van der Waals surface area contributed by atoms with E-state index in [1.807, 2.05) is 37.3 Å². The molecular weight excluding hydrogens is 412 g/mol. The molecule has 0 radical (unpaired) electrons. The number of para-hydroxylation sites is 1. The Labute approximate surface area is 174 Å². The maximum absolute atomic E-state index is 12.5. The van der Waals surface area contributed by atoms with E-state index in [0.29, 0.717) is 28.4 Å². The normalized spacial score (nSPS) is 16.1. The number of sulfonamides is 1. The third-order valence-corrected chi connectivity index (χ3v) is 6.53. The van der Waals surface area contributed by atoms with Gasteiger partial charge in [-0.1, -0.05) is 29.8 Å². The highest BCUT2D eigenvalue weighted by Gasteiger charge is 2.32. The van der Waals surface area contributed by atoms with Gasteiger partial charge in [0.2, 0.25) is 10.0 Å². The zero-order chi connectivity index (χ0) is 20.8. The van der Waals surface area contributed by atoms with Gasteiger partial charge in [-0.25, -0.2) is 18.2 Å². The number of pyridine rings is 1. The van der Waals surface area contributed by atoms with Gasteiger partial charge in [-0.2, -0.15) is 0 Å². The average molecular weight is 431 g/mol. The summed E-state index contributed by atoms with van der Waals surface area (Å²) in [5, 5.41) is 1.21. The first kappa shape index (κ1) is 19.7. The third-order valence-electron chi connectivity index (χ3n) is 4.93. The zero-order valence-electron chi connectivity index (χ0n) is 15.9. The van der Waals surface area contributed by atoms with Crippen LogP contribution in [0, 0.1) is 0 Å². The molecule has 0 saturated carbocycles. The molecule has 1 aromatic heterocycles. The second kappa shape index (κ2) is 7.31. The third kappa shape index (κ3) is 3.80. The lowest BCUT2D eigenvalue weighted by Gasteiger charge is -2.21. The van der Waals surface area contributed by atoms with Crippen LogP contribution >= 0.6 is 11.6 Å². The van der Waals surface area contributed by atoms with Crippen LogP contribution in [0.4, 0.5) is 5.69 Å². The van der Waals surface area contributed by atoms with Crippen molar-refractivity contribution in [1.29, 1.82) is 0 Å². The van der Waals surface area contributed by atoms with E-state index in [9.17, 15) is 13.2 Å². The number of hydrogen-bond donors (Lipinski definition) is 0. The summed E-state index contributed by atoms with van der Waals surface area (Å²) < 4.78 is 30.9. The highest BCUT2D eigenvalue weighted by Crippen LogP contribution is 2.35. The second-order valence-corrected chi connectivity index (χ2v) is 9.38. The Hall–Kier alpha value is -2.64. The number of esters is 1. The van der Waals surface area contributed by atoms with Crippen molar-refractivity contribution in [2.24, 2.45) is 0 Å². The van der Waals surface area contributed by atoms with Crippen LogP contribution in [-0.4, -0.2) is 31.7 Å². The summed E-state index contributed by atoms with van der Waals surface area (Å²) in [6.45, 7) is 1.84. The molecule has 4 rings (SSSR count). The summed E-state index contributed by atoms with van der Waals surface area (Å²) in [7, 11) is -3.37. The molecule has 150 valence electrons. The molecule has 1 unspecified atom stereocenters. The lowest BCUT2D eigenvalue weighted by Crippen LogP contribution is -2.34. The number of ether oxygens (including phenoxy) is 1. The molecule has 0 saturated heterocycles. The first-order chi connectivity index (χ1) is 13.7. The van der Waals surface area contributed by atoms with Gasteiger partial charge in [0.1, 0.15) is 11.8 Å². The Bertz CT molecular complexity index is 1230. The van der Waals surface area contributed by atoms with E-state index in [-0.39, 0.29) is 12.6 Å². The van der Waals surface area contributed by atoms with Crippen molar-refractivity contribution in [3.8, 4) is 0 Å². The summed E-state index contributed by atoms with van der Waals surface area (Å²) in [6.07, 6.45) is 1.73. The first-order valence-electron chi connectivity index (χ1n) is 9.07. The van der Waals surface area contributed by atoms with Gasteiger partial charge in [-0.05, 0) is 49.2 Å². The van der Waals surface area contributed by atoms with Crippen LogP contribution in [0.25, 0.3) is 10.9 Å². The molecule has 2 heterocycles. The molecule has 29 heavy (non-hydrogen) atoms. The first-order valence-corrected chi connectivity index (χ1v) is 11.3. The largest absolute Gasteiger partial charge is 0.457 e. The van der Waals surface area contributed by atoms with Crippen LogP contribution in [0.2, 0.25) is 5.15 Å². The van der Waals surface area contributed by atoms with Gasteiger partial charge in [0.15, 0.2) is 0 Å². The van der Waals surface area contributed by atoms with Crippen molar-refractivity contribution < 1.29 is 17.9 Å². The van der Waals surface area contributed by atoms with Crippen molar-refractivity contribution >= 4 is 44.2 Å². The van der Waals surface area contributed by atoms with Crippen molar-refractivity contribution in [1.82, 2.24) is 4.98 Å². The molecule has 0 aliphatic carbocycles. The van der Waals surface area contributed by atoms with E-state index in [1.54, 1.807) is 18.2 Å². The van der Waals surface area contributed by atoms with E-state index < -0.39 is 16.0 Å². The number of fused-ring (bicyclic) bond motifs is 2. The van der Waals surface area contributed by atoms with Gasteiger partial charge >= 0.3 is 5.97 Å². The number of carbonyl (C=O) groups is 1. The van der Waals surface area contributed by atoms with E-state index in [1.165, 1.54) is 10.6 Å². The van der Waals surface area contributed by atoms with Gasteiger partial charge in [0.25, 0.3) is 0 Å². The smallest absolute Gasteiger partial charge is 0.338 e. The Morgan fingerprint density at radius 2 is 2.00 bits per heavy atom. The van der Waals surface area contributed by atoms with Gasteiger partial charge < -0.3 is 4.74 Å². The van der Waals surface area contributed by atoms with Crippen LogP contribution in [0.15, 0.2) is 48.5 Å². The number of rotatable bonds is 4. The lowest BCUT2D eigenvalue weighted by atomic mass is 10.1. The number of aromatic nitrogens is 1. The molecule has 2 aromatic carbocycles. The van der Waals surface area contributed by atoms with E-state index in [2.05, 4.69) is 4.98 Å². The van der Waals surface area contributed by atoms with Crippen molar-refractivity contribution in [2.45, 2.75) is 26.0 Å². The number of nitrogens with zero attached hydrogens (tertiary/aromatic N) is 2. The summed E-state index contributed by atoms with van der Waals surface area (Å²) in [4.78, 5) is 16.9. The number of carbonyl (C=O) groups excluding carboxylic acids is 1. The van der Waals surface area contributed by atoms with Crippen molar-refractivity contribution in [3.05, 3.63) is 70.4 Å². The summed E-state index contributed by atoms with van der Waals surface area (Å²) >= 11 is 6.22. The fourth-order valence-electron chi connectivity index (χ4n) is 3.70. The summed E-state index contributed by atoms with van der Waals surface area (Å²) in [5.41, 5.74) is 3.18. The fraction of sp³-hybridized carbons (Fsp3) is 0.238. The molecule has 1 atom stereocenters. The maximum Gasteiger partial charge on any atom is 0.338 e. The SMILES string of the molecule is CC1Cc2cc(C(=O)OCc3cc4ccccc4nc3Cl)ccc2N1S(C)(=O)=O. The molecular formula is C21H19ClN2O4S. The van der Waals surface area contributed by atoms with Gasteiger partial charge in [-0.15, -0.1) is 0 Å². The van der Waals surface area contributed by atoms with Crippen LogP contribution in [-0.2, 0) is 27.8 Å². The van der Waals surface area contributed by atoms with Gasteiger partial charge in [0.05, 0.1) is 23.0 Å². The minimum absolute atomic E-state index is 0.00153. The minimum atomic E-state index is -3.37. The predicted molar refractivity (Wildman–Crippen MR) is 113 cm³/mol. The zero-order valence-corrected chi connectivity index (χ0v) is 17.5. The van der Waals surface area contributed by atoms with E-state index in [4.69, 9.17) is 16.3 Å². The van der Waals surface area contributed by atoms with Gasteiger partial charge in [0, 0.05) is 17.0 Å². The quantitative estimate of drug-likeness (QED) is 0.462. The minimum Gasteiger partial charge on any atom is -0.457 e. The number of halogens is 1. The highest BCUT2D eigenvalue weighted by molar-refractivity contribution is 7.92. The monoisotopic (exact) mass is 430 g/mol. The standard InChI is InChI=1S/C21H19ClN2O4S/c1-13-9-16-11-15(7-8-19(16)24(13)29(2,26)27)21(25)28-12-17-10-14-5-3-4-6-18(14)23-20(17)22/h3-8,10-11,13H,9,12H2,1-2H3. The fourth-order valence-corrected chi connectivity index (χ4v) is 5.16. The van der Waals surface area contributed by atoms with Gasteiger partial charge in [-0.3, -0.25) is 4.31 Å². The molecule has 0 spiro atoms. The van der Waals surface area contributed by atoms with Crippen LogP contribution in [0.3, 0.4) is 0 Å². The highest BCUT2D eigenvalue weighted by atomic mass is 35.5. The van der Waals surface area contributed by atoms with Crippen LogP contribution in [0.1, 0.15) is 28.4 Å². The van der Waals surface area contributed by atoms with Crippen molar-refractivity contribution in [2.75, 3.05) is 10.6 Å². The Morgan fingerprint density at radius 3 is 2.76 bits per heavy atom. The molecule has 8 heteroatoms. The van der Waals surface area contributed by atoms with E-state index >= 15 is 0 Å². The molecule has 1 aliphatic rings. The number of benzene rings is 2. The maximum atomic E-state index is 12.5. The second-order valence-electron chi connectivity index (χ2n) is 7.16. The average Bonchev–Trinajstić information content (AvgIpc) is 3.01. The Balaban J connectivity index is 1.53. The van der Waals surface area contributed by atoms with Crippen LogP contribution in [0.5, 0.6) is 0 Å². The van der Waals surface area contributed by atoms with E-state index in [0.717, 1.165) is 16.5 Å². The molecule has 3 aromatic rings. The summed E-state index contributed by atoms with van der Waals surface area (Å²) in [6, 6.07) is 14.2. The molecule has 1 aliphatic heterocycles.